The maximum atomic E-state index is 13.6. The van der Waals surface area contributed by atoms with Gasteiger partial charge in [-0.15, -0.1) is 0 Å². The number of alkyl halides is 3. The Hall–Kier alpha value is -2.64. The molecule has 22 heavy (non-hydrogen) atoms. The summed E-state index contributed by atoms with van der Waals surface area (Å²) in [7, 11) is 0. The Morgan fingerprint density at radius 2 is 1.86 bits per heavy atom. The van der Waals surface area contributed by atoms with Gasteiger partial charge < -0.3 is 10.6 Å². The summed E-state index contributed by atoms with van der Waals surface area (Å²) in [5.74, 6) is -1.56. The molecule has 4 nitrogen and oxygen atoms in total. The fourth-order valence-corrected chi connectivity index (χ4v) is 1.65. The molecule has 0 unspecified atom stereocenters. The van der Waals surface area contributed by atoms with Crippen molar-refractivity contribution in [1.29, 1.82) is 0 Å². The smallest absolute Gasteiger partial charge is 0.343 e. The number of nitrogens with zero attached hydrogens (tertiary/aromatic N) is 1. The van der Waals surface area contributed by atoms with Crippen LogP contribution in [0, 0.1) is 5.82 Å². The lowest BCUT2D eigenvalue weighted by Gasteiger charge is -2.12. The fourth-order valence-electron chi connectivity index (χ4n) is 1.65. The number of halogens is 4. The maximum absolute atomic E-state index is 13.6. The monoisotopic (exact) mass is 313 g/mol. The molecule has 1 amide bonds. The van der Waals surface area contributed by atoms with Gasteiger partial charge in [0, 0.05) is 6.20 Å². The summed E-state index contributed by atoms with van der Waals surface area (Å²) in [5.41, 5.74) is -0.0546. The van der Waals surface area contributed by atoms with Gasteiger partial charge in [-0.2, -0.15) is 13.2 Å². The Bertz CT molecular complexity index is 673. The first-order chi connectivity index (χ1) is 10.4. The summed E-state index contributed by atoms with van der Waals surface area (Å²) in [4.78, 5) is 15.7. The highest BCUT2D eigenvalue weighted by Crippen LogP contribution is 2.21. The average Bonchev–Trinajstić information content (AvgIpc) is 2.47. The number of anilines is 2. The molecule has 116 valence electrons. The van der Waals surface area contributed by atoms with Crippen LogP contribution in [0.5, 0.6) is 0 Å². The minimum atomic E-state index is -4.52. The number of aromatic nitrogens is 1. The first-order valence-electron chi connectivity index (χ1n) is 6.18. The van der Waals surface area contributed by atoms with Crippen LogP contribution in [0.3, 0.4) is 0 Å². The van der Waals surface area contributed by atoms with Gasteiger partial charge in [0.25, 0.3) is 5.91 Å². The van der Waals surface area contributed by atoms with Crippen LogP contribution in [0.2, 0.25) is 0 Å². The molecule has 0 aliphatic rings. The van der Waals surface area contributed by atoms with E-state index in [0.717, 1.165) is 0 Å². The molecule has 2 rings (SSSR count). The Balaban J connectivity index is 2.20. The van der Waals surface area contributed by atoms with Crippen molar-refractivity contribution in [3.8, 4) is 0 Å². The molecule has 0 spiro atoms. The van der Waals surface area contributed by atoms with Gasteiger partial charge in [-0.05, 0) is 24.3 Å². The number of benzene rings is 1. The molecule has 0 fully saturated rings. The van der Waals surface area contributed by atoms with Crippen molar-refractivity contribution in [1.82, 2.24) is 10.3 Å². The molecule has 2 N–H and O–H groups in total. The zero-order valence-electron chi connectivity index (χ0n) is 11.1. The fraction of sp³-hybridized carbons (Fsp3) is 0.143. The third-order valence-corrected chi connectivity index (χ3v) is 2.63. The van der Waals surface area contributed by atoms with Gasteiger partial charge in [0.2, 0.25) is 0 Å². The van der Waals surface area contributed by atoms with E-state index in [0.29, 0.717) is 0 Å². The van der Waals surface area contributed by atoms with Crippen LogP contribution in [0.25, 0.3) is 0 Å². The summed E-state index contributed by atoms with van der Waals surface area (Å²) >= 11 is 0. The van der Waals surface area contributed by atoms with Gasteiger partial charge in [-0.25, -0.2) is 9.37 Å². The minimum absolute atomic E-state index is 0.0349. The van der Waals surface area contributed by atoms with Gasteiger partial charge in [-0.1, -0.05) is 12.1 Å². The van der Waals surface area contributed by atoms with E-state index in [1.54, 1.807) is 11.4 Å². The molecule has 0 radical (unpaired) electrons. The summed E-state index contributed by atoms with van der Waals surface area (Å²) in [6.45, 7) is -1.46. The second-order valence-electron chi connectivity index (χ2n) is 4.30. The third-order valence-electron chi connectivity index (χ3n) is 2.63. The quantitative estimate of drug-likeness (QED) is 0.852. The topological polar surface area (TPSA) is 54.0 Å². The van der Waals surface area contributed by atoms with Crippen LogP contribution in [0.15, 0.2) is 42.6 Å². The van der Waals surface area contributed by atoms with E-state index in [9.17, 15) is 22.4 Å². The number of para-hydroxylation sites is 1. The van der Waals surface area contributed by atoms with E-state index in [4.69, 9.17) is 0 Å². The number of hydrogen-bond acceptors (Lipinski definition) is 3. The van der Waals surface area contributed by atoms with Crippen molar-refractivity contribution >= 4 is 17.4 Å². The van der Waals surface area contributed by atoms with Crippen molar-refractivity contribution in [2.24, 2.45) is 0 Å². The van der Waals surface area contributed by atoms with Crippen LogP contribution in [0.4, 0.5) is 29.1 Å². The number of carbonyl (C=O) groups excluding carboxylic acids is 1. The Morgan fingerprint density at radius 3 is 2.55 bits per heavy atom. The molecule has 0 aliphatic carbocycles. The van der Waals surface area contributed by atoms with Crippen molar-refractivity contribution in [3.05, 3.63) is 54.0 Å². The van der Waals surface area contributed by atoms with Crippen molar-refractivity contribution < 1.29 is 22.4 Å². The van der Waals surface area contributed by atoms with Crippen molar-refractivity contribution in [2.45, 2.75) is 6.18 Å². The highest BCUT2D eigenvalue weighted by molar-refractivity contribution is 5.99. The Labute approximate surface area is 123 Å². The van der Waals surface area contributed by atoms with Gasteiger partial charge in [0.1, 0.15) is 18.2 Å². The maximum Gasteiger partial charge on any atom is 0.405 e. The number of rotatable bonds is 4. The number of amides is 1. The Morgan fingerprint density at radius 1 is 1.14 bits per heavy atom. The van der Waals surface area contributed by atoms with Crippen LogP contribution < -0.4 is 10.6 Å². The molecule has 0 bridgehead atoms. The molecular weight excluding hydrogens is 302 g/mol. The average molecular weight is 313 g/mol. The molecule has 2 aromatic rings. The highest BCUT2D eigenvalue weighted by atomic mass is 19.4. The number of pyridine rings is 1. The molecule has 0 saturated carbocycles. The minimum Gasteiger partial charge on any atom is -0.343 e. The summed E-state index contributed by atoms with van der Waals surface area (Å²) < 4.78 is 50.0. The lowest BCUT2D eigenvalue weighted by molar-refractivity contribution is -0.123. The molecule has 0 atom stereocenters. The lowest BCUT2D eigenvalue weighted by atomic mass is 10.2. The van der Waals surface area contributed by atoms with Gasteiger partial charge >= 0.3 is 6.18 Å². The van der Waals surface area contributed by atoms with E-state index in [2.05, 4.69) is 10.3 Å². The normalized spacial score (nSPS) is 11.1. The molecular formula is C14H11F4N3O. The second kappa shape index (κ2) is 6.42. The van der Waals surface area contributed by atoms with Crippen LogP contribution >= 0.6 is 0 Å². The third kappa shape index (κ3) is 4.18. The molecule has 8 heteroatoms. The molecule has 1 aromatic heterocycles. The van der Waals surface area contributed by atoms with E-state index in [-0.39, 0.29) is 17.1 Å². The molecule has 1 aromatic carbocycles. The molecule has 0 saturated heterocycles. The van der Waals surface area contributed by atoms with E-state index < -0.39 is 24.4 Å². The summed E-state index contributed by atoms with van der Waals surface area (Å²) in [6.07, 6.45) is -3.18. The zero-order valence-corrected chi connectivity index (χ0v) is 11.1. The van der Waals surface area contributed by atoms with Crippen LogP contribution in [0.1, 0.15) is 10.4 Å². The van der Waals surface area contributed by atoms with Gasteiger partial charge in [0.05, 0.1) is 11.3 Å². The number of nitrogens with one attached hydrogen (secondary N) is 2. The van der Waals surface area contributed by atoms with Crippen molar-refractivity contribution in [2.75, 3.05) is 11.9 Å². The largest absolute Gasteiger partial charge is 0.405 e. The van der Waals surface area contributed by atoms with Gasteiger partial charge in [-0.3, -0.25) is 4.79 Å². The first-order valence-corrected chi connectivity index (χ1v) is 6.18. The predicted molar refractivity (Wildman–Crippen MR) is 72.3 cm³/mol. The van der Waals surface area contributed by atoms with E-state index >= 15 is 0 Å². The van der Waals surface area contributed by atoms with E-state index in [1.165, 1.54) is 36.5 Å². The molecule has 0 aliphatic heterocycles. The molecule has 1 heterocycles. The SMILES string of the molecule is O=C(NCC(F)(F)F)c1cccnc1Nc1ccccc1F. The summed E-state index contributed by atoms with van der Waals surface area (Å²) in [6, 6.07) is 8.36. The van der Waals surface area contributed by atoms with E-state index in [1.807, 2.05) is 0 Å². The van der Waals surface area contributed by atoms with Crippen LogP contribution in [-0.4, -0.2) is 23.6 Å². The summed E-state index contributed by atoms with van der Waals surface area (Å²) in [5, 5.41) is 4.33. The van der Waals surface area contributed by atoms with Crippen molar-refractivity contribution in [3.63, 3.8) is 0 Å². The lowest BCUT2D eigenvalue weighted by Crippen LogP contribution is -2.34. The van der Waals surface area contributed by atoms with Gasteiger partial charge in [0.15, 0.2) is 0 Å². The highest BCUT2D eigenvalue weighted by Gasteiger charge is 2.28. The predicted octanol–water partition coefficient (Wildman–Crippen LogP) is 3.26. The Kier molecular flexibility index (Phi) is 4.59. The number of hydrogen-bond donors (Lipinski definition) is 2. The number of carbonyl (C=O) groups is 1. The second-order valence-corrected chi connectivity index (χ2v) is 4.30. The zero-order chi connectivity index (χ0) is 16.2. The standard InChI is InChI=1S/C14H11F4N3O/c15-10-5-1-2-6-11(10)21-12-9(4-3-7-19-12)13(22)20-8-14(16,17)18/h1-7H,8H2,(H,19,21)(H,20,22). The first kappa shape index (κ1) is 15.7. The van der Waals surface area contributed by atoms with Crippen LogP contribution in [-0.2, 0) is 0 Å².